The van der Waals surface area contributed by atoms with Crippen molar-refractivity contribution in [1.82, 2.24) is 68.7 Å². The number of carboxylic acids is 3. The Hall–Kier alpha value is -10.9. The number of likely N-dealkylation sites (tertiary alicyclic amines) is 1. The molecule has 1 saturated heterocycles. The molecule has 0 radical (unpaired) electrons. The van der Waals surface area contributed by atoms with Crippen molar-refractivity contribution in [3.8, 4) is 5.75 Å². The molecule has 0 aliphatic carbocycles. The van der Waals surface area contributed by atoms with Gasteiger partial charge in [0.05, 0.1) is 25.6 Å². The molecule has 13 atom stereocenters. The number of aliphatic carboxylic acids is 3. The summed E-state index contributed by atoms with van der Waals surface area (Å²) in [5.74, 6) is -20.1. The topological polar surface area (TPSA) is 643 Å². The molecule has 109 heavy (non-hydrogen) atoms. The van der Waals surface area contributed by atoms with E-state index in [0.717, 1.165) is 4.90 Å². The zero-order chi connectivity index (χ0) is 81.6. The molecule has 0 bridgehead atoms. The number of aliphatic hydroxyl groups is 1. The summed E-state index contributed by atoms with van der Waals surface area (Å²) < 4.78 is 0. The van der Waals surface area contributed by atoms with E-state index >= 15 is 0 Å². The van der Waals surface area contributed by atoms with E-state index in [1.165, 1.54) is 52.0 Å². The minimum atomic E-state index is -1.90. The molecule has 1 aliphatic heterocycles. The number of unbranched alkanes of at least 4 members (excludes halogenated alkanes) is 2. The van der Waals surface area contributed by atoms with Crippen molar-refractivity contribution in [2.24, 2.45) is 34.8 Å². The number of hydrogen-bond donors (Lipinski definition) is 21. The van der Waals surface area contributed by atoms with Crippen LogP contribution in [0.3, 0.4) is 0 Å². The lowest BCUT2D eigenvalue weighted by Gasteiger charge is -2.30. The first-order valence-electron chi connectivity index (χ1n) is 35.9. The summed E-state index contributed by atoms with van der Waals surface area (Å²) in [5.41, 5.74) is 23.5. The van der Waals surface area contributed by atoms with E-state index in [0.29, 0.717) is 49.8 Å². The summed E-state index contributed by atoms with van der Waals surface area (Å²) >= 11 is 0. The van der Waals surface area contributed by atoms with Gasteiger partial charge in [0.25, 0.3) is 0 Å². The summed E-state index contributed by atoms with van der Waals surface area (Å²) in [4.78, 5) is 229. The van der Waals surface area contributed by atoms with Gasteiger partial charge in [-0.15, -0.1) is 0 Å². The number of phenolic OH excluding ortho intramolecular Hbond substituents is 1. The van der Waals surface area contributed by atoms with E-state index in [2.05, 4.69) is 63.8 Å². The van der Waals surface area contributed by atoms with E-state index < -0.39 is 243 Å². The van der Waals surface area contributed by atoms with Gasteiger partial charge in [-0.1, -0.05) is 83.0 Å². The number of aromatic hydroxyl groups is 1. The van der Waals surface area contributed by atoms with Crippen LogP contribution in [0, 0.1) is 11.8 Å². The molecule has 0 spiro atoms. The first-order valence-corrected chi connectivity index (χ1v) is 35.9. The maximum Gasteiger partial charge on any atom is 0.322 e. The third kappa shape index (κ3) is 33.0. The Morgan fingerprint density at radius 1 is 0.495 bits per heavy atom. The van der Waals surface area contributed by atoms with Gasteiger partial charge < -0.3 is 117 Å². The van der Waals surface area contributed by atoms with Gasteiger partial charge in [-0.05, 0) is 113 Å². The quantitative estimate of drug-likeness (QED) is 0.0274. The standard InChI is InChI=1S/C70H107N17O22/c1-6-38(4)58(69(108)80-46(25-27-55(94)95)64(103)81-47(61(100)76-35-56(96)97)31-40-15-8-7-9-16-40)86-66(105)49(33-52(74)90)83-68(107)57(37(2)3)85-65(104)48(32-41-20-22-42(89)23-21-41)82-63(102)45(24-26-54(92)93)78-53(91)34-75-67(106)51-19-14-30-87(51)70(109)50(36-88)84-62(101)44(18-11-13-29-72)79-59(98)39(5)77-60(99)43(73)17-10-12-28-71/h7-9,15-16,20-23,37-39,43-51,57-58,88-89H,6,10-14,17-19,24-36,71-73H2,1-5H3,(H2,74,90)(H,75,106)(H,76,100)(H,77,99)(H,78,91)(H,79,98)(H,80,108)(H,81,103)(H,82,102)(H,83,107)(H,84,101)(H,85,104)(H,86,105)(H,92,93)(H,94,95)(H,96,97)/t38-,39-,43-,44-,45-,46-,47-,48-,49-,50-,51-,57-,58-/m0/s1. The van der Waals surface area contributed by atoms with Gasteiger partial charge in [-0.25, -0.2) is 0 Å². The molecule has 39 nitrogen and oxygen atoms in total. The maximum atomic E-state index is 14.6. The molecular formula is C70H107N17O22. The van der Waals surface area contributed by atoms with E-state index in [4.69, 9.17) is 22.9 Å². The van der Waals surface area contributed by atoms with E-state index in [1.807, 2.05) is 0 Å². The Kier molecular flexibility index (Phi) is 40.4. The predicted molar refractivity (Wildman–Crippen MR) is 388 cm³/mol. The second-order valence-corrected chi connectivity index (χ2v) is 26.8. The Balaban J connectivity index is 1.85. The number of primary amides is 1. The molecule has 0 unspecified atom stereocenters. The van der Waals surface area contributed by atoms with Crippen molar-refractivity contribution in [1.29, 1.82) is 0 Å². The number of amides is 14. The molecule has 3 rings (SSSR count). The molecule has 39 heteroatoms. The third-order valence-electron chi connectivity index (χ3n) is 17.7. The number of hydrogen-bond acceptors (Lipinski definition) is 22. The van der Waals surface area contributed by atoms with Crippen LogP contribution < -0.4 is 86.7 Å². The highest BCUT2D eigenvalue weighted by Crippen LogP contribution is 2.20. The lowest BCUT2D eigenvalue weighted by molar-refractivity contribution is -0.143. The number of rotatable bonds is 50. The van der Waals surface area contributed by atoms with Crippen molar-refractivity contribution in [2.45, 2.75) is 210 Å². The molecule has 0 aromatic heterocycles. The van der Waals surface area contributed by atoms with Crippen LogP contribution >= 0.6 is 0 Å². The van der Waals surface area contributed by atoms with E-state index in [1.54, 1.807) is 37.3 Å². The van der Waals surface area contributed by atoms with Crippen LogP contribution in [0.15, 0.2) is 54.6 Å². The smallest absolute Gasteiger partial charge is 0.322 e. The fourth-order valence-electron chi connectivity index (χ4n) is 11.3. The van der Waals surface area contributed by atoms with Gasteiger partial charge in [-0.2, -0.15) is 0 Å². The SMILES string of the molecule is CC[C@H](C)[C@H](NC(=O)[C@H](CC(N)=O)NC(=O)[C@@H](NC(=O)[C@H](Cc1ccc(O)cc1)NC(=O)[C@H](CCC(=O)O)NC(=O)CNC(=O)[C@@H]1CCCN1C(=O)[C@H](CO)NC(=O)[C@H](CCCCN)NC(=O)[C@H](C)NC(=O)[C@@H](N)CCCCN)C(C)C)C(=O)N[C@@H](CCC(=O)O)C(=O)N[C@@H](Cc1ccccc1)C(=O)NCC(=O)O. The van der Waals surface area contributed by atoms with Crippen LogP contribution in [0.25, 0.3) is 0 Å². The van der Waals surface area contributed by atoms with Crippen molar-refractivity contribution >= 4 is 101 Å². The third-order valence-corrected chi connectivity index (χ3v) is 17.7. The molecule has 1 fully saturated rings. The average Bonchev–Trinajstić information content (AvgIpc) is 1.76. The lowest BCUT2D eigenvalue weighted by Crippen LogP contribution is -2.62. The van der Waals surface area contributed by atoms with Crippen LogP contribution in [-0.4, -0.2) is 243 Å². The van der Waals surface area contributed by atoms with Gasteiger partial charge in [-0.3, -0.25) is 81.5 Å². The zero-order valence-electron chi connectivity index (χ0n) is 61.8. The fourth-order valence-corrected chi connectivity index (χ4v) is 11.3. The van der Waals surface area contributed by atoms with Gasteiger partial charge in [0.15, 0.2) is 0 Å². The minimum Gasteiger partial charge on any atom is -0.508 e. The Bertz CT molecular complexity index is 3460. The van der Waals surface area contributed by atoms with Crippen molar-refractivity contribution in [2.75, 3.05) is 39.3 Å². The largest absolute Gasteiger partial charge is 0.508 e. The molecule has 14 amide bonds. The molecular weight excluding hydrogens is 1430 g/mol. The number of benzene rings is 2. The number of carbonyl (C=O) groups excluding carboxylic acids is 14. The minimum absolute atomic E-state index is 0.0248. The summed E-state index contributed by atoms with van der Waals surface area (Å²) in [6.07, 6.45) is -1.38. The van der Waals surface area contributed by atoms with Crippen LogP contribution in [-0.2, 0) is 94.3 Å². The number of nitrogens with zero attached hydrogens (tertiary/aromatic N) is 1. The molecule has 25 N–H and O–H groups in total. The average molecular weight is 1540 g/mol. The maximum absolute atomic E-state index is 14.6. The molecule has 1 aliphatic rings. The van der Waals surface area contributed by atoms with Gasteiger partial charge in [0, 0.05) is 32.2 Å². The van der Waals surface area contributed by atoms with Crippen LogP contribution in [0.5, 0.6) is 5.75 Å². The molecule has 2 aromatic carbocycles. The Labute approximate surface area is 629 Å². The number of nitrogens with one attached hydrogen (secondary N) is 12. The molecule has 1 heterocycles. The lowest BCUT2D eigenvalue weighted by atomic mass is 9.96. The number of carboxylic acid groups (broad SMARTS) is 3. The Morgan fingerprint density at radius 3 is 1.50 bits per heavy atom. The van der Waals surface area contributed by atoms with Crippen molar-refractivity contribution < 1.29 is 107 Å². The van der Waals surface area contributed by atoms with Gasteiger partial charge in [0.2, 0.25) is 82.7 Å². The number of aliphatic hydroxyl groups excluding tert-OH is 1. The first kappa shape index (κ1) is 92.3. The van der Waals surface area contributed by atoms with E-state index in [9.17, 15) is 107 Å². The van der Waals surface area contributed by atoms with Crippen molar-refractivity contribution in [3.63, 3.8) is 0 Å². The Morgan fingerprint density at radius 2 is 0.972 bits per heavy atom. The van der Waals surface area contributed by atoms with Crippen LogP contribution in [0.1, 0.15) is 136 Å². The second kappa shape index (κ2) is 47.7. The number of carbonyl (C=O) groups is 17. The summed E-state index contributed by atoms with van der Waals surface area (Å²) in [5, 5.41) is 78.1. The summed E-state index contributed by atoms with van der Waals surface area (Å²) in [6, 6.07) is -4.61. The highest BCUT2D eigenvalue weighted by atomic mass is 16.4. The first-order chi connectivity index (χ1) is 51.5. The highest BCUT2D eigenvalue weighted by molar-refractivity contribution is 6.01. The molecule has 0 saturated carbocycles. The van der Waals surface area contributed by atoms with Gasteiger partial charge in [0.1, 0.15) is 78.8 Å². The second-order valence-electron chi connectivity index (χ2n) is 26.8. The molecule has 2 aromatic rings. The summed E-state index contributed by atoms with van der Waals surface area (Å²) in [7, 11) is 0. The van der Waals surface area contributed by atoms with Crippen LogP contribution in [0.4, 0.5) is 0 Å². The fraction of sp³-hybridized carbons (Fsp3) is 0.586. The number of nitrogens with two attached hydrogens (primary N) is 4. The van der Waals surface area contributed by atoms with Crippen LogP contribution in [0.2, 0.25) is 0 Å². The van der Waals surface area contributed by atoms with Crippen molar-refractivity contribution in [3.05, 3.63) is 65.7 Å². The van der Waals surface area contributed by atoms with Gasteiger partial charge >= 0.3 is 17.9 Å². The monoisotopic (exact) mass is 1540 g/mol. The highest BCUT2D eigenvalue weighted by Gasteiger charge is 2.41. The van der Waals surface area contributed by atoms with E-state index in [-0.39, 0.29) is 50.9 Å². The normalized spacial score (nSPS) is 15.8. The zero-order valence-corrected chi connectivity index (χ0v) is 61.8. The number of phenols is 1. The molecule has 604 valence electrons. The predicted octanol–water partition coefficient (Wildman–Crippen LogP) is -5.76. The summed E-state index contributed by atoms with van der Waals surface area (Å²) in [6.45, 7) is 5.34.